The molecule has 0 aliphatic carbocycles. The number of rotatable bonds is 5. The van der Waals surface area contributed by atoms with Crippen molar-refractivity contribution in [2.45, 2.75) is 41.6 Å². The molecule has 0 unspecified atom stereocenters. The maximum Gasteiger partial charge on any atom is 0.296 e. The molecule has 20 heteroatoms. The minimum atomic E-state index is -4.89. The van der Waals surface area contributed by atoms with Gasteiger partial charge in [0.1, 0.15) is 46.8 Å². The quantitative estimate of drug-likeness (QED) is 0.149. The molecule has 2 aliphatic heterocycles. The van der Waals surface area contributed by atoms with Gasteiger partial charge in [-0.2, -0.15) is 25.3 Å². The number of nitrogens with zero attached hydrogens (tertiary/aromatic N) is 4. The fourth-order valence-electron chi connectivity index (χ4n) is 7.42. The van der Waals surface area contributed by atoms with Gasteiger partial charge < -0.3 is 18.6 Å². The summed E-state index contributed by atoms with van der Waals surface area (Å²) in [6, 6.07) is 12.6. The van der Waals surface area contributed by atoms with Crippen LogP contribution in [0, 0.1) is 0 Å². The van der Waals surface area contributed by atoms with Crippen molar-refractivity contribution in [1.82, 2.24) is 9.13 Å². The third kappa shape index (κ3) is 4.85. The number of benzene rings is 5. The summed E-state index contributed by atoms with van der Waals surface area (Å²) in [4.78, 5) is 8.00. The Balaban J connectivity index is 1.30. The van der Waals surface area contributed by atoms with E-state index in [-0.39, 0.29) is 88.4 Å². The summed E-state index contributed by atoms with van der Waals surface area (Å²) in [5.41, 5.74) is 1.69. The second-order valence-electron chi connectivity index (χ2n) is 12.4. The van der Waals surface area contributed by atoms with Gasteiger partial charge in [-0.05, 0) is 50.2 Å². The van der Waals surface area contributed by atoms with Crippen LogP contribution in [-0.2, 0) is 43.4 Å². The first-order valence-corrected chi connectivity index (χ1v) is 21.0. The van der Waals surface area contributed by atoms with Gasteiger partial charge >= 0.3 is 0 Å². The maximum atomic E-state index is 12.5. The van der Waals surface area contributed by atoms with Crippen LogP contribution in [0.5, 0.6) is 23.0 Å². The van der Waals surface area contributed by atoms with E-state index in [0.29, 0.717) is 28.4 Å². The fraction of sp³-hybridized carbons (Fsp3) is 0.118. The van der Waals surface area contributed by atoms with E-state index in [1.807, 2.05) is 11.5 Å². The third-order valence-corrected chi connectivity index (χ3v) is 12.9. The van der Waals surface area contributed by atoms with Gasteiger partial charge in [-0.25, -0.2) is 9.98 Å². The molecule has 0 saturated heterocycles. The van der Waals surface area contributed by atoms with E-state index >= 15 is 0 Å². The summed E-state index contributed by atoms with van der Waals surface area (Å²) in [5, 5.41) is 0.834. The van der Waals surface area contributed by atoms with Crippen molar-refractivity contribution in [3.8, 4) is 23.0 Å². The molecule has 0 bridgehead atoms. The molecule has 2 aromatic heterocycles. The van der Waals surface area contributed by atoms with Gasteiger partial charge in [-0.3, -0.25) is 13.7 Å². The Hall–Kier alpha value is -4.79. The van der Waals surface area contributed by atoms with Crippen LogP contribution in [0.4, 0.5) is 11.4 Å². The molecule has 54 heavy (non-hydrogen) atoms. The highest BCUT2D eigenvalue weighted by Crippen LogP contribution is 2.48. The monoisotopic (exact) mass is 828 g/mol. The summed E-state index contributed by atoms with van der Waals surface area (Å²) in [5.74, 6) is 0.418. The molecule has 0 amide bonds. The van der Waals surface area contributed by atoms with E-state index in [4.69, 9.17) is 42.7 Å². The minimum Gasteiger partial charge on any atom is -0.451 e. The lowest BCUT2D eigenvalue weighted by atomic mass is 10.1. The van der Waals surface area contributed by atoms with Gasteiger partial charge in [-0.15, -0.1) is 0 Å². The normalized spacial score (nSPS) is 13.9. The highest BCUT2D eigenvalue weighted by Gasteiger charge is 2.32. The van der Waals surface area contributed by atoms with Crippen molar-refractivity contribution in [2.75, 3.05) is 0 Å². The molecule has 15 nitrogen and oxygen atoms in total. The van der Waals surface area contributed by atoms with Crippen molar-refractivity contribution in [3.05, 3.63) is 75.4 Å². The van der Waals surface area contributed by atoms with E-state index in [1.54, 1.807) is 25.1 Å². The van der Waals surface area contributed by atoms with E-state index < -0.39 is 40.1 Å². The van der Waals surface area contributed by atoms with Crippen LogP contribution < -0.4 is 20.2 Å². The Bertz CT molecular complexity index is 3420. The molecular weight excluding hydrogens is 807 g/mol. The molecule has 0 spiro atoms. The number of fused-ring (bicyclic) bond motifs is 10. The van der Waals surface area contributed by atoms with Gasteiger partial charge in [0.2, 0.25) is 0 Å². The van der Waals surface area contributed by atoms with Crippen molar-refractivity contribution < 1.29 is 48.4 Å². The molecule has 0 saturated carbocycles. The van der Waals surface area contributed by atoms with Crippen molar-refractivity contribution >= 4 is 109 Å². The molecule has 7 aromatic rings. The second kappa shape index (κ2) is 11.4. The van der Waals surface area contributed by atoms with Gasteiger partial charge in [-0.1, -0.05) is 29.3 Å². The SMILES string of the molecule is CCn1c2cc3c(cc2c2c(S(=O)(=O)O)cccc21)N=c1c(Cl)c2c(c(Cl)c1O3)=Nc1cc3c4c(S(=O)(=O)O)ccc(S(=O)(=O)O)c4n(CC)c3cc1O2. The summed E-state index contributed by atoms with van der Waals surface area (Å²) < 4.78 is 121. The lowest BCUT2D eigenvalue weighted by Gasteiger charge is -2.21. The van der Waals surface area contributed by atoms with E-state index in [9.17, 15) is 38.9 Å². The predicted molar refractivity (Wildman–Crippen MR) is 198 cm³/mol. The molecular formula is C34H22Cl2N4O11S3. The maximum absolute atomic E-state index is 12.5. The minimum absolute atomic E-state index is 0.00296. The van der Waals surface area contributed by atoms with E-state index in [2.05, 4.69) is 0 Å². The second-order valence-corrected chi connectivity index (χ2v) is 17.4. The predicted octanol–water partition coefficient (Wildman–Crippen LogP) is 7.10. The van der Waals surface area contributed by atoms with Crippen LogP contribution in [0.3, 0.4) is 0 Å². The van der Waals surface area contributed by atoms with Crippen molar-refractivity contribution in [2.24, 2.45) is 9.98 Å². The molecule has 9 rings (SSSR count). The molecule has 4 heterocycles. The number of ether oxygens (including phenoxy) is 2. The summed E-state index contributed by atoms with van der Waals surface area (Å²) in [6.07, 6.45) is 0. The Morgan fingerprint density at radius 3 is 1.57 bits per heavy atom. The molecule has 0 atom stereocenters. The topological polar surface area (TPSA) is 216 Å². The first-order chi connectivity index (χ1) is 25.4. The van der Waals surface area contributed by atoms with Crippen LogP contribution in [0.1, 0.15) is 13.8 Å². The van der Waals surface area contributed by atoms with E-state index in [0.717, 1.165) is 12.1 Å². The number of halogens is 2. The largest absolute Gasteiger partial charge is 0.451 e. The first-order valence-electron chi connectivity index (χ1n) is 15.9. The fourth-order valence-corrected chi connectivity index (χ4v) is 10.1. The Morgan fingerprint density at radius 2 is 1.07 bits per heavy atom. The molecule has 2 aliphatic rings. The Labute approximate surface area is 314 Å². The number of hydrogen-bond acceptors (Lipinski definition) is 10. The standard InChI is InChI=1S/C34H22Cl2N4O11S3/c1-3-39-18-6-5-7-23(52(41,42)43)26(18)14-10-16-21(12-19(14)39)50-33-29(36)31-34(28(35)30(33)37-16)51-22-13-20-15(11-17(22)38-31)27-24(53(44,45)46)8-9-25(54(47,48)49)32(27)40(20)4-2/h5-13H,3-4H2,1-2H3,(H,41,42,43)(H,44,45,46)(H,47,48,49). The lowest BCUT2D eigenvalue weighted by molar-refractivity contribution is 0.452. The van der Waals surface area contributed by atoms with Crippen LogP contribution >= 0.6 is 23.2 Å². The number of hydrogen-bond donors (Lipinski definition) is 3. The third-order valence-electron chi connectivity index (χ3n) is 9.54. The average Bonchev–Trinajstić information content (AvgIpc) is 3.59. The average molecular weight is 830 g/mol. The van der Waals surface area contributed by atoms with Crippen LogP contribution in [0.15, 0.2) is 79.3 Å². The van der Waals surface area contributed by atoms with Crippen LogP contribution in [0.2, 0.25) is 10.0 Å². The molecule has 0 fully saturated rings. The van der Waals surface area contributed by atoms with Gasteiger partial charge in [0, 0.05) is 46.8 Å². The number of aromatic nitrogens is 2. The van der Waals surface area contributed by atoms with Crippen molar-refractivity contribution in [1.29, 1.82) is 0 Å². The van der Waals surface area contributed by atoms with Crippen LogP contribution in [0.25, 0.3) is 43.6 Å². The summed E-state index contributed by atoms with van der Waals surface area (Å²) in [6.45, 7) is 4.11. The van der Waals surface area contributed by atoms with Gasteiger partial charge in [0.25, 0.3) is 30.4 Å². The highest BCUT2D eigenvalue weighted by atomic mass is 35.5. The van der Waals surface area contributed by atoms with Crippen molar-refractivity contribution in [3.63, 3.8) is 0 Å². The van der Waals surface area contributed by atoms with E-state index in [1.165, 1.54) is 28.8 Å². The van der Waals surface area contributed by atoms with Gasteiger partial charge in [0.15, 0.2) is 23.0 Å². The highest BCUT2D eigenvalue weighted by molar-refractivity contribution is 7.86. The zero-order valence-electron chi connectivity index (χ0n) is 27.5. The molecule has 276 valence electrons. The number of aryl methyl sites for hydroxylation is 2. The molecule has 0 radical (unpaired) electrons. The zero-order valence-corrected chi connectivity index (χ0v) is 31.4. The lowest BCUT2D eigenvalue weighted by Crippen LogP contribution is -2.22. The zero-order chi connectivity index (χ0) is 38.4. The smallest absolute Gasteiger partial charge is 0.296 e. The van der Waals surface area contributed by atoms with Gasteiger partial charge in [0.05, 0.1) is 22.1 Å². The first kappa shape index (κ1) is 34.9. The summed E-state index contributed by atoms with van der Waals surface area (Å²) in [7, 11) is -14.3. The Kier molecular flexibility index (Phi) is 7.36. The molecule has 3 N–H and O–H groups in total. The van der Waals surface area contributed by atoms with Crippen LogP contribution in [-0.4, -0.2) is 48.0 Å². The molecule has 5 aromatic carbocycles. The summed E-state index contributed by atoms with van der Waals surface area (Å²) >= 11 is 13.9. The Morgan fingerprint density at radius 1 is 0.611 bits per heavy atom.